The van der Waals surface area contributed by atoms with Gasteiger partial charge in [-0.25, -0.2) is 4.99 Å². The van der Waals surface area contributed by atoms with Gasteiger partial charge in [0.05, 0.1) is 25.8 Å². The molecule has 2 heterocycles. The second-order valence-electron chi connectivity index (χ2n) is 7.32. The van der Waals surface area contributed by atoms with Gasteiger partial charge in [0, 0.05) is 50.8 Å². The second kappa shape index (κ2) is 11.2. The maximum absolute atomic E-state index is 5.55. The van der Waals surface area contributed by atoms with Gasteiger partial charge in [-0.05, 0) is 36.1 Å². The highest BCUT2D eigenvalue weighted by molar-refractivity contribution is 7.10. The van der Waals surface area contributed by atoms with E-state index in [1.807, 2.05) is 11.3 Å². The molecule has 1 unspecified atom stereocenters. The molecule has 0 spiro atoms. The fraction of sp³-hybridized carbons (Fsp3) is 0.500. The zero-order valence-electron chi connectivity index (χ0n) is 17.7. The Balaban J connectivity index is 1.66. The van der Waals surface area contributed by atoms with Gasteiger partial charge in [-0.1, -0.05) is 18.2 Å². The summed E-state index contributed by atoms with van der Waals surface area (Å²) in [5, 5.41) is 9.10. The molecule has 0 radical (unpaired) electrons. The van der Waals surface area contributed by atoms with E-state index in [-0.39, 0.29) is 0 Å². The topological polar surface area (TPSA) is 52.1 Å². The van der Waals surface area contributed by atoms with E-state index in [9.17, 15) is 0 Å². The van der Waals surface area contributed by atoms with Crippen LogP contribution in [0.25, 0.3) is 0 Å². The number of nitrogens with one attached hydrogen (secondary N) is 2. The van der Waals surface area contributed by atoms with Crippen LogP contribution in [0.15, 0.2) is 46.8 Å². The van der Waals surface area contributed by atoms with E-state index in [0.717, 1.165) is 45.4 Å². The van der Waals surface area contributed by atoms with E-state index in [1.165, 1.54) is 16.1 Å². The van der Waals surface area contributed by atoms with E-state index in [0.29, 0.717) is 12.6 Å². The lowest BCUT2D eigenvalue weighted by Gasteiger charge is -2.34. The Hall–Kier alpha value is -2.09. The van der Waals surface area contributed by atoms with Gasteiger partial charge in [0.1, 0.15) is 0 Å². The Morgan fingerprint density at radius 3 is 2.72 bits per heavy atom. The number of nitrogens with zero attached hydrogens (tertiary/aromatic N) is 3. The van der Waals surface area contributed by atoms with Crippen molar-refractivity contribution in [2.24, 2.45) is 4.99 Å². The molecule has 1 aliphatic heterocycles. The Morgan fingerprint density at radius 1 is 1.21 bits per heavy atom. The van der Waals surface area contributed by atoms with Crippen LogP contribution in [0.2, 0.25) is 0 Å². The third-order valence-corrected chi connectivity index (χ3v) is 5.99. The van der Waals surface area contributed by atoms with Crippen LogP contribution in [0.1, 0.15) is 23.4 Å². The molecule has 3 rings (SSSR count). The van der Waals surface area contributed by atoms with Gasteiger partial charge in [0.15, 0.2) is 5.96 Å². The number of thiophene rings is 1. The Kier molecular flexibility index (Phi) is 8.34. The average molecular weight is 416 g/mol. The van der Waals surface area contributed by atoms with Crippen LogP contribution in [-0.4, -0.2) is 64.3 Å². The van der Waals surface area contributed by atoms with Gasteiger partial charge in [0.25, 0.3) is 0 Å². The third kappa shape index (κ3) is 6.45. The minimum Gasteiger partial charge on any atom is -0.379 e. The predicted octanol–water partition coefficient (Wildman–Crippen LogP) is 2.94. The molecule has 1 aromatic carbocycles. The number of morpholine rings is 1. The van der Waals surface area contributed by atoms with E-state index in [1.54, 1.807) is 0 Å². The lowest BCUT2D eigenvalue weighted by Crippen LogP contribution is -2.46. The van der Waals surface area contributed by atoms with Crippen molar-refractivity contribution in [2.45, 2.75) is 19.5 Å². The summed E-state index contributed by atoms with van der Waals surface area (Å²) in [6, 6.07) is 13.2. The predicted molar refractivity (Wildman–Crippen MR) is 123 cm³/mol. The highest BCUT2D eigenvalue weighted by Gasteiger charge is 2.23. The van der Waals surface area contributed by atoms with Crippen LogP contribution < -0.4 is 15.5 Å². The summed E-state index contributed by atoms with van der Waals surface area (Å²) in [4.78, 5) is 10.8. The highest BCUT2D eigenvalue weighted by atomic mass is 32.1. The van der Waals surface area contributed by atoms with Crippen LogP contribution in [0.3, 0.4) is 0 Å². The Bertz CT molecular complexity index is 756. The van der Waals surface area contributed by atoms with Crippen molar-refractivity contribution in [1.29, 1.82) is 0 Å². The molecule has 7 heteroatoms. The fourth-order valence-corrected chi connectivity index (χ4v) is 4.28. The summed E-state index contributed by atoms with van der Waals surface area (Å²) in [6.07, 6.45) is 0. The first-order valence-electron chi connectivity index (χ1n) is 10.3. The van der Waals surface area contributed by atoms with Crippen LogP contribution in [0, 0.1) is 0 Å². The zero-order valence-corrected chi connectivity index (χ0v) is 18.5. The summed E-state index contributed by atoms with van der Waals surface area (Å²) >= 11 is 1.82. The van der Waals surface area contributed by atoms with E-state index in [2.05, 4.69) is 83.2 Å². The normalized spacial score (nSPS) is 16.4. The number of hydrogen-bond acceptors (Lipinski definition) is 5. The highest BCUT2D eigenvalue weighted by Crippen LogP contribution is 2.25. The largest absolute Gasteiger partial charge is 0.379 e. The molecule has 1 atom stereocenters. The van der Waals surface area contributed by atoms with Gasteiger partial charge in [0.2, 0.25) is 0 Å². The number of anilines is 1. The Morgan fingerprint density at radius 2 is 2.03 bits per heavy atom. The van der Waals surface area contributed by atoms with Crippen molar-refractivity contribution >= 4 is 23.0 Å². The maximum Gasteiger partial charge on any atom is 0.191 e. The van der Waals surface area contributed by atoms with Crippen LogP contribution in [-0.2, 0) is 11.3 Å². The monoisotopic (exact) mass is 415 g/mol. The Labute approximate surface area is 178 Å². The van der Waals surface area contributed by atoms with E-state index in [4.69, 9.17) is 9.73 Å². The summed E-state index contributed by atoms with van der Waals surface area (Å²) in [5.74, 6) is 0.859. The van der Waals surface area contributed by atoms with Crippen molar-refractivity contribution in [3.05, 3.63) is 52.2 Å². The first-order chi connectivity index (χ1) is 14.2. The van der Waals surface area contributed by atoms with Crippen LogP contribution in [0.5, 0.6) is 0 Å². The molecule has 0 amide bonds. The molecular formula is C22H33N5OS. The van der Waals surface area contributed by atoms with Gasteiger partial charge in [-0.2, -0.15) is 0 Å². The van der Waals surface area contributed by atoms with E-state index >= 15 is 0 Å². The molecular weight excluding hydrogens is 382 g/mol. The molecule has 158 valence electrons. The number of guanidine groups is 1. The summed E-state index contributed by atoms with van der Waals surface area (Å²) in [6.45, 7) is 7.96. The average Bonchev–Trinajstić information content (AvgIpc) is 3.27. The smallest absolute Gasteiger partial charge is 0.191 e. The maximum atomic E-state index is 5.55. The summed E-state index contributed by atoms with van der Waals surface area (Å²) in [7, 11) is 4.12. The molecule has 1 aromatic heterocycles. The number of aliphatic imine (C=N–C) groups is 1. The van der Waals surface area contributed by atoms with Gasteiger partial charge in [-0.15, -0.1) is 11.3 Å². The van der Waals surface area contributed by atoms with Crippen LogP contribution in [0.4, 0.5) is 5.69 Å². The minimum atomic E-state index is 0.333. The lowest BCUT2D eigenvalue weighted by atomic mass is 10.2. The number of benzene rings is 1. The molecule has 1 saturated heterocycles. The minimum absolute atomic E-state index is 0.333. The quantitative estimate of drug-likeness (QED) is 0.513. The standard InChI is InChI=1S/C22H33N5OS/c1-4-23-22(24-16-18-7-5-8-19(15-18)26(2)3)25-17-20(21-9-6-14-29-21)27-10-12-28-13-11-27/h5-9,14-15,20H,4,10-13,16-17H2,1-3H3,(H2,23,24,25). The molecule has 0 saturated carbocycles. The van der Waals surface area contributed by atoms with Gasteiger partial charge >= 0.3 is 0 Å². The SMILES string of the molecule is CCNC(=NCc1cccc(N(C)C)c1)NCC(c1cccs1)N1CCOCC1. The van der Waals surface area contributed by atoms with Crippen molar-refractivity contribution in [1.82, 2.24) is 15.5 Å². The number of rotatable bonds is 8. The molecule has 2 aromatic rings. The fourth-order valence-electron chi connectivity index (χ4n) is 3.42. The van der Waals surface area contributed by atoms with Crippen molar-refractivity contribution in [3.8, 4) is 0 Å². The number of ether oxygens (including phenoxy) is 1. The zero-order chi connectivity index (χ0) is 20.5. The van der Waals surface area contributed by atoms with Crippen LogP contribution >= 0.6 is 11.3 Å². The molecule has 2 N–H and O–H groups in total. The number of hydrogen-bond donors (Lipinski definition) is 2. The van der Waals surface area contributed by atoms with Gasteiger partial charge < -0.3 is 20.3 Å². The first kappa shape index (κ1) is 21.6. The van der Waals surface area contributed by atoms with E-state index < -0.39 is 0 Å². The summed E-state index contributed by atoms with van der Waals surface area (Å²) < 4.78 is 5.55. The molecule has 0 aliphatic carbocycles. The van der Waals surface area contributed by atoms with Crippen molar-refractivity contribution in [2.75, 3.05) is 58.4 Å². The third-order valence-electron chi connectivity index (χ3n) is 5.01. The molecule has 6 nitrogen and oxygen atoms in total. The molecule has 29 heavy (non-hydrogen) atoms. The molecule has 1 fully saturated rings. The summed E-state index contributed by atoms with van der Waals surface area (Å²) in [5.41, 5.74) is 2.40. The first-order valence-corrected chi connectivity index (χ1v) is 11.2. The lowest BCUT2D eigenvalue weighted by molar-refractivity contribution is 0.0177. The second-order valence-corrected chi connectivity index (χ2v) is 8.30. The van der Waals surface area contributed by atoms with Gasteiger partial charge in [-0.3, -0.25) is 4.90 Å². The van der Waals surface area contributed by atoms with Crippen molar-refractivity contribution in [3.63, 3.8) is 0 Å². The van der Waals surface area contributed by atoms with Crippen molar-refractivity contribution < 1.29 is 4.74 Å². The molecule has 0 bridgehead atoms. The molecule has 1 aliphatic rings.